The van der Waals surface area contributed by atoms with Crippen molar-refractivity contribution in [2.75, 3.05) is 24.3 Å². The van der Waals surface area contributed by atoms with E-state index in [2.05, 4.69) is 27.5 Å². The summed E-state index contributed by atoms with van der Waals surface area (Å²) in [6.07, 6.45) is 2.68. The van der Waals surface area contributed by atoms with Gasteiger partial charge in [-0.25, -0.2) is 9.37 Å². The zero-order valence-electron chi connectivity index (χ0n) is 12.4. The molecule has 0 aliphatic heterocycles. The number of nitrogens with one attached hydrogen (secondary N) is 2. The quantitative estimate of drug-likeness (QED) is 0.852. The number of hydrogen-bond donors (Lipinski definition) is 2. The predicted octanol–water partition coefficient (Wildman–Crippen LogP) is 3.50. The van der Waals surface area contributed by atoms with Crippen LogP contribution in [0.1, 0.15) is 18.9 Å². The molecule has 0 saturated heterocycles. The van der Waals surface area contributed by atoms with Crippen molar-refractivity contribution in [1.82, 2.24) is 9.97 Å². The fourth-order valence-corrected chi connectivity index (χ4v) is 1.75. The second kappa shape index (κ2) is 6.88. The molecule has 0 unspecified atom stereocenters. The Balaban J connectivity index is 2.26. The molecule has 0 amide bonds. The van der Waals surface area contributed by atoms with E-state index in [4.69, 9.17) is 4.74 Å². The molecule has 0 radical (unpaired) electrons. The number of nitrogens with zero attached hydrogens (tertiary/aromatic N) is 2. The molecule has 0 fully saturated rings. The van der Waals surface area contributed by atoms with Crippen LogP contribution >= 0.6 is 0 Å². The van der Waals surface area contributed by atoms with E-state index in [1.54, 1.807) is 25.4 Å². The van der Waals surface area contributed by atoms with Crippen molar-refractivity contribution in [3.05, 3.63) is 35.8 Å². The highest BCUT2D eigenvalue weighted by molar-refractivity contribution is 5.62. The number of halogens is 1. The zero-order chi connectivity index (χ0) is 15.2. The summed E-state index contributed by atoms with van der Waals surface area (Å²) < 4.78 is 19.0. The van der Waals surface area contributed by atoms with Gasteiger partial charge in [0.2, 0.25) is 5.95 Å². The molecule has 5 nitrogen and oxygen atoms in total. The summed E-state index contributed by atoms with van der Waals surface area (Å²) >= 11 is 0. The van der Waals surface area contributed by atoms with E-state index in [1.807, 2.05) is 6.92 Å². The first-order valence-electron chi connectivity index (χ1n) is 6.82. The summed E-state index contributed by atoms with van der Waals surface area (Å²) in [5, 5.41) is 6.09. The monoisotopic (exact) mass is 290 g/mol. The van der Waals surface area contributed by atoms with E-state index >= 15 is 0 Å². The Morgan fingerprint density at radius 1 is 1.33 bits per heavy atom. The number of ether oxygens (including phenoxy) is 1. The number of hydrogen-bond acceptors (Lipinski definition) is 5. The van der Waals surface area contributed by atoms with Crippen molar-refractivity contribution in [2.24, 2.45) is 0 Å². The maximum absolute atomic E-state index is 13.8. The summed E-state index contributed by atoms with van der Waals surface area (Å²) in [4.78, 5) is 8.55. The van der Waals surface area contributed by atoms with Crippen LogP contribution in [0.5, 0.6) is 5.75 Å². The molecule has 0 spiro atoms. The predicted molar refractivity (Wildman–Crippen MR) is 81.8 cm³/mol. The van der Waals surface area contributed by atoms with Gasteiger partial charge < -0.3 is 15.4 Å². The highest BCUT2D eigenvalue weighted by Crippen LogP contribution is 2.25. The third-order valence-electron chi connectivity index (χ3n) is 2.93. The molecule has 1 heterocycles. The summed E-state index contributed by atoms with van der Waals surface area (Å²) in [5.41, 5.74) is 1.15. The molecule has 2 rings (SSSR count). The van der Waals surface area contributed by atoms with Crippen LogP contribution in [-0.4, -0.2) is 23.6 Å². The van der Waals surface area contributed by atoms with Gasteiger partial charge in [0.15, 0.2) is 0 Å². The van der Waals surface area contributed by atoms with Crippen molar-refractivity contribution in [3.8, 4) is 5.75 Å². The number of rotatable bonds is 6. The van der Waals surface area contributed by atoms with Gasteiger partial charge in [0.05, 0.1) is 12.8 Å². The fraction of sp³-hybridized carbons (Fsp3) is 0.333. The Kier molecular flexibility index (Phi) is 4.92. The number of anilines is 3. The Morgan fingerprint density at radius 3 is 2.86 bits per heavy atom. The van der Waals surface area contributed by atoms with Crippen LogP contribution in [0.2, 0.25) is 0 Å². The minimum atomic E-state index is -0.364. The standard InChI is InChI=1S/C15H19FN4O/c1-4-7-17-15-18-9-10(2)14(20-15)19-13-8-11(21-3)5-6-12(13)16/h5-6,8-9H,4,7H2,1-3H3,(H2,17,18,19,20). The summed E-state index contributed by atoms with van der Waals surface area (Å²) in [6, 6.07) is 4.52. The molecule has 0 aliphatic rings. The van der Waals surface area contributed by atoms with E-state index in [9.17, 15) is 4.39 Å². The van der Waals surface area contributed by atoms with Crippen LogP contribution in [-0.2, 0) is 0 Å². The molecule has 0 aliphatic carbocycles. The van der Waals surface area contributed by atoms with Crippen LogP contribution in [0.25, 0.3) is 0 Å². The number of aryl methyl sites for hydroxylation is 1. The molecule has 2 N–H and O–H groups in total. The van der Waals surface area contributed by atoms with Crippen molar-refractivity contribution in [2.45, 2.75) is 20.3 Å². The SMILES string of the molecule is CCCNc1ncc(C)c(Nc2cc(OC)ccc2F)n1. The minimum absolute atomic E-state index is 0.317. The maximum atomic E-state index is 13.8. The first-order chi connectivity index (χ1) is 10.1. The Bertz CT molecular complexity index is 619. The summed E-state index contributed by atoms with van der Waals surface area (Å²) in [6.45, 7) is 4.71. The van der Waals surface area contributed by atoms with Crippen molar-refractivity contribution < 1.29 is 9.13 Å². The topological polar surface area (TPSA) is 59.1 Å². The van der Waals surface area contributed by atoms with E-state index in [0.29, 0.717) is 23.2 Å². The maximum Gasteiger partial charge on any atom is 0.224 e. The molecule has 0 bridgehead atoms. The lowest BCUT2D eigenvalue weighted by Crippen LogP contribution is -2.07. The molecule has 1 aromatic carbocycles. The normalized spacial score (nSPS) is 10.3. The van der Waals surface area contributed by atoms with Gasteiger partial charge in [0.1, 0.15) is 17.4 Å². The van der Waals surface area contributed by atoms with Crippen molar-refractivity contribution >= 4 is 17.5 Å². The van der Waals surface area contributed by atoms with Crippen molar-refractivity contribution in [1.29, 1.82) is 0 Å². The van der Waals surface area contributed by atoms with Crippen LogP contribution in [0.4, 0.5) is 21.8 Å². The molecule has 6 heteroatoms. The molecule has 0 atom stereocenters. The van der Waals surface area contributed by atoms with Gasteiger partial charge in [-0.15, -0.1) is 0 Å². The van der Waals surface area contributed by atoms with E-state index in [1.165, 1.54) is 6.07 Å². The first-order valence-corrected chi connectivity index (χ1v) is 6.82. The highest BCUT2D eigenvalue weighted by atomic mass is 19.1. The largest absolute Gasteiger partial charge is 0.497 e. The lowest BCUT2D eigenvalue weighted by atomic mass is 10.2. The number of aromatic nitrogens is 2. The third-order valence-corrected chi connectivity index (χ3v) is 2.93. The molecule has 2 aromatic rings. The van der Waals surface area contributed by atoms with Gasteiger partial charge in [-0.05, 0) is 25.5 Å². The molecular weight excluding hydrogens is 271 g/mol. The van der Waals surface area contributed by atoms with Gasteiger partial charge in [-0.1, -0.05) is 6.92 Å². The van der Waals surface area contributed by atoms with Crippen LogP contribution in [0.3, 0.4) is 0 Å². The molecule has 1 aromatic heterocycles. The van der Waals surface area contributed by atoms with Gasteiger partial charge in [0.25, 0.3) is 0 Å². The second-order valence-electron chi connectivity index (χ2n) is 4.62. The summed E-state index contributed by atoms with van der Waals surface area (Å²) in [5.74, 6) is 1.30. The highest BCUT2D eigenvalue weighted by Gasteiger charge is 2.08. The van der Waals surface area contributed by atoms with E-state index in [0.717, 1.165) is 18.5 Å². The first kappa shape index (κ1) is 15.0. The smallest absolute Gasteiger partial charge is 0.224 e. The van der Waals surface area contributed by atoms with Gasteiger partial charge in [-0.2, -0.15) is 4.98 Å². The lowest BCUT2D eigenvalue weighted by Gasteiger charge is -2.12. The van der Waals surface area contributed by atoms with Crippen LogP contribution < -0.4 is 15.4 Å². The summed E-state index contributed by atoms with van der Waals surface area (Å²) in [7, 11) is 1.54. The molecule has 112 valence electrons. The average Bonchev–Trinajstić information content (AvgIpc) is 2.50. The zero-order valence-corrected chi connectivity index (χ0v) is 12.4. The minimum Gasteiger partial charge on any atom is -0.497 e. The molecule has 0 saturated carbocycles. The third kappa shape index (κ3) is 3.81. The van der Waals surface area contributed by atoms with Crippen molar-refractivity contribution in [3.63, 3.8) is 0 Å². The van der Waals surface area contributed by atoms with Gasteiger partial charge in [-0.3, -0.25) is 0 Å². The van der Waals surface area contributed by atoms with Crippen LogP contribution in [0.15, 0.2) is 24.4 Å². The van der Waals surface area contributed by atoms with E-state index < -0.39 is 0 Å². The molecule has 21 heavy (non-hydrogen) atoms. The Labute approximate surface area is 123 Å². The fourth-order valence-electron chi connectivity index (χ4n) is 1.75. The van der Waals surface area contributed by atoms with E-state index in [-0.39, 0.29) is 5.82 Å². The van der Waals surface area contributed by atoms with Gasteiger partial charge >= 0.3 is 0 Å². The second-order valence-corrected chi connectivity index (χ2v) is 4.62. The molecular formula is C15H19FN4O. The van der Waals surface area contributed by atoms with Gasteiger partial charge in [0, 0.05) is 24.4 Å². The van der Waals surface area contributed by atoms with Crippen LogP contribution in [0, 0.1) is 12.7 Å². The number of benzene rings is 1. The lowest BCUT2D eigenvalue weighted by molar-refractivity contribution is 0.414. The average molecular weight is 290 g/mol. The Morgan fingerprint density at radius 2 is 2.14 bits per heavy atom. The number of methoxy groups -OCH3 is 1. The Hall–Kier alpha value is -2.37.